The van der Waals surface area contributed by atoms with Crippen LogP contribution in [0.25, 0.3) is 0 Å². The zero-order valence-electron chi connectivity index (χ0n) is 16.7. The van der Waals surface area contributed by atoms with E-state index in [4.69, 9.17) is 9.26 Å². The second-order valence-electron chi connectivity index (χ2n) is 7.11. The Morgan fingerprint density at radius 2 is 1.83 bits per heavy atom. The summed E-state index contributed by atoms with van der Waals surface area (Å²) in [4.78, 5) is 18.0. The highest BCUT2D eigenvalue weighted by molar-refractivity contribution is 7.92. The number of benzene rings is 2. The maximum atomic E-state index is 13.0. The average molecular weight is 428 g/mol. The Bertz CT molecular complexity index is 1220. The van der Waals surface area contributed by atoms with Crippen molar-refractivity contribution in [2.24, 2.45) is 0 Å². The molecule has 0 unspecified atom stereocenters. The molecule has 1 amide bonds. The van der Waals surface area contributed by atoms with Crippen molar-refractivity contribution in [2.45, 2.75) is 32.2 Å². The number of aromatic nitrogens is 2. The van der Waals surface area contributed by atoms with Gasteiger partial charge in [0.15, 0.2) is 12.4 Å². The van der Waals surface area contributed by atoms with Crippen molar-refractivity contribution in [2.75, 3.05) is 16.2 Å². The number of carbonyl (C=O) groups excluding carboxylic acids is 1. The van der Waals surface area contributed by atoms with E-state index in [1.165, 1.54) is 23.1 Å². The Balaban J connectivity index is 1.68. The zero-order chi connectivity index (χ0) is 21.5. The molecule has 30 heavy (non-hydrogen) atoms. The summed E-state index contributed by atoms with van der Waals surface area (Å²) in [6.07, 6.45) is 0. The third kappa shape index (κ3) is 3.99. The van der Waals surface area contributed by atoms with Gasteiger partial charge in [0.1, 0.15) is 5.75 Å². The zero-order valence-corrected chi connectivity index (χ0v) is 17.5. The summed E-state index contributed by atoms with van der Waals surface area (Å²) in [6.45, 7) is 5.32. The Morgan fingerprint density at radius 3 is 2.50 bits per heavy atom. The van der Waals surface area contributed by atoms with Crippen LogP contribution >= 0.6 is 0 Å². The van der Waals surface area contributed by atoms with Crippen LogP contribution in [0.1, 0.15) is 22.8 Å². The largest absolute Gasteiger partial charge is 0.482 e. The van der Waals surface area contributed by atoms with Crippen LogP contribution in [-0.4, -0.2) is 31.1 Å². The fourth-order valence-corrected chi connectivity index (χ4v) is 4.38. The summed E-state index contributed by atoms with van der Waals surface area (Å²) >= 11 is 0. The van der Waals surface area contributed by atoms with E-state index in [1.54, 1.807) is 19.1 Å². The van der Waals surface area contributed by atoms with Crippen molar-refractivity contribution in [3.05, 3.63) is 59.2 Å². The molecule has 1 aliphatic heterocycles. The van der Waals surface area contributed by atoms with E-state index in [9.17, 15) is 13.2 Å². The molecule has 0 spiro atoms. The van der Waals surface area contributed by atoms with Crippen LogP contribution in [0, 0.1) is 20.8 Å². The van der Waals surface area contributed by atoms with Gasteiger partial charge in [0.05, 0.1) is 17.1 Å². The number of ether oxygens (including phenoxy) is 1. The van der Waals surface area contributed by atoms with Crippen molar-refractivity contribution in [1.29, 1.82) is 0 Å². The Morgan fingerprint density at radius 1 is 1.10 bits per heavy atom. The van der Waals surface area contributed by atoms with Crippen LogP contribution < -0.4 is 14.4 Å². The molecule has 1 aromatic heterocycles. The number of amides is 1. The molecule has 9 nitrogen and oxygen atoms in total. The summed E-state index contributed by atoms with van der Waals surface area (Å²) < 4.78 is 38.9. The monoisotopic (exact) mass is 428 g/mol. The minimum Gasteiger partial charge on any atom is -0.482 e. The number of fused-ring (bicyclic) bond motifs is 1. The lowest BCUT2D eigenvalue weighted by Crippen LogP contribution is -2.38. The van der Waals surface area contributed by atoms with Crippen LogP contribution in [0.5, 0.6) is 5.75 Å². The SMILES string of the molecule is Cc1cc(C)cc(NS(=O)(=O)c2ccc3c(c2)N(Cc2noc(C)n2)C(=O)CO3)c1. The standard InChI is InChI=1S/C20H20N4O5S/c1-12-6-13(2)8-15(7-12)23-30(26,27)16-4-5-18-17(9-16)24(20(25)11-28-18)10-19-21-14(3)29-22-19/h4-9,23H,10-11H2,1-3H3. The third-order valence-corrected chi connectivity index (χ3v) is 5.91. The molecule has 0 saturated carbocycles. The Labute approximate surface area is 173 Å². The molecule has 2 aromatic carbocycles. The minimum atomic E-state index is -3.88. The number of carbonyl (C=O) groups is 1. The van der Waals surface area contributed by atoms with Gasteiger partial charge in [-0.3, -0.25) is 14.4 Å². The first-order valence-corrected chi connectivity index (χ1v) is 10.7. The molecule has 4 rings (SSSR count). The van der Waals surface area contributed by atoms with E-state index in [0.29, 0.717) is 28.8 Å². The molecular weight excluding hydrogens is 408 g/mol. The van der Waals surface area contributed by atoms with Crippen molar-refractivity contribution in [3.63, 3.8) is 0 Å². The number of nitrogens with one attached hydrogen (secondary N) is 1. The van der Waals surface area contributed by atoms with Crippen LogP contribution in [-0.2, 0) is 21.4 Å². The van der Waals surface area contributed by atoms with E-state index in [0.717, 1.165) is 11.1 Å². The molecule has 10 heteroatoms. The van der Waals surface area contributed by atoms with Crippen molar-refractivity contribution < 1.29 is 22.5 Å². The lowest BCUT2D eigenvalue weighted by molar-refractivity contribution is -0.121. The molecular formula is C20H20N4O5S. The van der Waals surface area contributed by atoms with Gasteiger partial charge in [0.2, 0.25) is 5.89 Å². The second-order valence-corrected chi connectivity index (χ2v) is 8.79. The fourth-order valence-electron chi connectivity index (χ4n) is 3.32. The van der Waals surface area contributed by atoms with E-state index in [-0.39, 0.29) is 24.0 Å². The highest BCUT2D eigenvalue weighted by Gasteiger charge is 2.29. The maximum absolute atomic E-state index is 13.0. The molecule has 3 aromatic rings. The van der Waals surface area contributed by atoms with E-state index in [1.807, 2.05) is 19.9 Å². The number of rotatable bonds is 5. The molecule has 0 bridgehead atoms. The molecule has 1 N–H and O–H groups in total. The number of hydrogen-bond donors (Lipinski definition) is 1. The minimum absolute atomic E-state index is 0.00741. The molecule has 1 aliphatic rings. The van der Waals surface area contributed by atoms with Gasteiger partial charge in [-0.15, -0.1) is 0 Å². The quantitative estimate of drug-likeness (QED) is 0.664. The highest BCUT2D eigenvalue weighted by Crippen LogP contribution is 2.35. The lowest BCUT2D eigenvalue weighted by atomic mass is 10.1. The number of hydrogen-bond acceptors (Lipinski definition) is 7. The maximum Gasteiger partial charge on any atom is 0.265 e. The number of anilines is 2. The van der Waals surface area contributed by atoms with Crippen LogP contribution in [0.15, 0.2) is 45.8 Å². The molecule has 2 heterocycles. The van der Waals surface area contributed by atoms with Crippen LogP contribution in [0.4, 0.5) is 11.4 Å². The van der Waals surface area contributed by atoms with E-state index in [2.05, 4.69) is 14.9 Å². The lowest BCUT2D eigenvalue weighted by Gasteiger charge is -2.28. The van der Waals surface area contributed by atoms with Gasteiger partial charge in [-0.25, -0.2) is 8.42 Å². The molecule has 0 radical (unpaired) electrons. The summed E-state index contributed by atoms with van der Waals surface area (Å²) in [5, 5.41) is 3.81. The number of sulfonamides is 1. The summed E-state index contributed by atoms with van der Waals surface area (Å²) in [6, 6.07) is 9.84. The van der Waals surface area contributed by atoms with E-state index >= 15 is 0 Å². The van der Waals surface area contributed by atoms with Gasteiger partial charge in [0.25, 0.3) is 15.9 Å². The smallest absolute Gasteiger partial charge is 0.265 e. The Kier molecular flexibility index (Phi) is 4.94. The normalized spacial score (nSPS) is 13.7. The predicted molar refractivity (Wildman–Crippen MR) is 109 cm³/mol. The summed E-state index contributed by atoms with van der Waals surface area (Å²) in [5.74, 6) is 0.761. The van der Waals surface area contributed by atoms with Gasteiger partial charge in [-0.1, -0.05) is 11.2 Å². The van der Waals surface area contributed by atoms with Crippen molar-refractivity contribution >= 4 is 27.3 Å². The van der Waals surface area contributed by atoms with Gasteiger partial charge in [0, 0.05) is 12.6 Å². The first kappa shape index (κ1) is 19.9. The number of aryl methyl sites for hydroxylation is 3. The molecule has 0 saturated heterocycles. The summed E-state index contributed by atoms with van der Waals surface area (Å²) in [5.41, 5.74) is 2.69. The molecule has 0 atom stereocenters. The van der Waals surface area contributed by atoms with Crippen molar-refractivity contribution in [3.8, 4) is 5.75 Å². The fraction of sp³-hybridized carbons (Fsp3) is 0.250. The number of nitrogens with zero attached hydrogens (tertiary/aromatic N) is 3. The van der Waals surface area contributed by atoms with Crippen LogP contribution in [0.2, 0.25) is 0 Å². The van der Waals surface area contributed by atoms with Gasteiger partial charge < -0.3 is 9.26 Å². The predicted octanol–water partition coefficient (Wildman–Crippen LogP) is 2.72. The van der Waals surface area contributed by atoms with Crippen molar-refractivity contribution in [1.82, 2.24) is 10.1 Å². The first-order valence-electron chi connectivity index (χ1n) is 9.19. The third-order valence-electron chi connectivity index (χ3n) is 4.53. The molecule has 0 aliphatic carbocycles. The summed E-state index contributed by atoms with van der Waals surface area (Å²) in [7, 11) is -3.88. The Hall–Kier alpha value is -3.40. The van der Waals surface area contributed by atoms with Gasteiger partial charge in [-0.2, -0.15) is 4.98 Å². The molecule has 156 valence electrons. The van der Waals surface area contributed by atoms with E-state index < -0.39 is 10.0 Å². The average Bonchev–Trinajstić information content (AvgIpc) is 3.07. The topological polar surface area (TPSA) is 115 Å². The van der Waals surface area contributed by atoms with Crippen LogP contribution in [0.3, 0.4) is 0 Å². The first-order chi connectivity index (χ1) is 14.2. The highest BCUT2D eigenvalue weighted by atomic mass is 32.2. The van der Waals surface area contributed by atoms with Gasteiger partial charge in [-0.05, 0) is 55.3 Å². The second kappa shape index (κ2) is 7.45. The molecule has 0 fully saturated rings. The van der Waals surface area contributed by atoms with Gasteiger partial charge >= 0.3 is 0 Å².